The van der Waals surface area contributed by atoms with Gasteiger partial charge in [-0.15, -0.1) is 0 Å². The zero-order valence-electron chi connectivity index (χ0n) is 11.9. The third-order valence-corrected chi connectivity index (χ3v) is 3.92. The molecule has 0 radical (unpaired) electrons. The summed E-state index contributed by atoms with van der Waals surface area (Å²) in [5.41, 5.74) is 0.715. The Balaban J connectivity index is 2.53. The number of methoxy groups -OCH3 is 1. The number of rotatable bonds is 7. The Morgan fingerprint density at radius 3 is 2.60 bits per heavy atom. The van der Waals surface area contributed by atoms with Gasteiger partial charge >= 0.3 is 0 Å². The lowest BCUT2D eigenvalue weighted by atomic mass is 10.2. The molecule has 0 saturated carbocycles. The van der Waals surface area contributed by atoms with E-state index < -0.39 is 0 Å². The molecule has 112 valence electrons. The summed E-state index contributed by atoms with van der Waals surface area (Å²) in [6.45, 7) is 5.02. The minimum atomic E-state index is 0.000585. The Labute approximate surface area is 136 Å². The van der Waals surface area contributed by atoms with Crippen molar-refractivity contribution in [2.75, 3.05) is 19.0 Å². The van der Waals surface area contributed by atoms with Crippen LogP contribution in [0.4, 0.5) is 5.69 Å². The third kappa shape index (κ3) is 5.81. The van der Waals surface area contributed by atoms with Crippen molar-refractivity contribution < 1.29 is 9.53 Å². The highest BCUT2D eigenvalue weighted by molar-refractivity contribution is 9.11. The van der Waals surface area contributed by atoms with Gasteiger partial charge in [-0.05, 0) is 50.9 Å². The fraction of sp³-hybridized carbons (Fsp3) is 0.500. The molecule has 0 heterocycles. The minimum absolute atomic E-state index is 0.000585. The van der Waals surface area contributed by atoms with E-state index in [0.29, 0.717) is 23.9 Å². The van der Waals surface area contributed by atoms with Gasteiger partial charge in [0.15, 0.2) is 0 Å². The van der Waals surface area contributed by atoms with Crippen LogP contribution in [0.25, 0.3) is 0 Å². The molecule has 0 saturated heterocycles. The molecule has 0 aromatic heterocycles. The van der Waals surface area contributed by atoms with E-state index in [-0.39, 0.29) is 5.91 Å². The Bertz CT molecular complexity index is 465. The molecule has 0 aliphatic carbocycles. The van der Waals surface area contributed by atoms with Crippen molar-refractivity contribution in [3.63, 3.8) is 0 Å². The number of amides is 1. The van der Waals surface area contributed by atoms with Crippen LogP contribution >= 0.6 is 31.9 Å². The van der Waals surface area contributed by atoms with Gasteiger partial charge in [0.05, 0.1) is 17.3 Å². The summed E-state index contributed by atoms with van der Waals surface area (Å²) in [6, 6.07) is 4.09. The molecular formula is C14H20Br2N2O2. The average molecular weight is 408 g/mol. The van der Waals surface area contributed by atoms with Crippen molar-refractivity contribution >= 4 is 43.5 Å². The van der Waals surface area contributed by atoms with Gasteiger partial charge in [0.1, 0.15) is 5.75 Å². The molecule has 1 aromatic carbocycles. The van der Waals surface area contributed by atoms with Crippen LogP contribution in [-0.2, 0) is 4.79 Å². The van der Waals surface area contributed by atoms with Crippen LogP contribution in [0, 0.1) is 0 Å². The van der Waals surface area contributed by atoms with E-state index in [1.54, 1.807) is 13.2 Å². The van der Waals surface area contributed by atoms with E-state index in [1.165, 1.54) is 0 Å². The Hall–Kier alpha value is -0.590. The molecule has 4 nitrogen and oxygen atoms in total. The number of nitrogens with one attached hydrogen (secondary N) is 2. The molecule has 0 atom stereocenters. The maximum absolute atomic E-state index is 11.9. The van der Waals surface area contributed by atoms with Crippen LogP contribution in [0.3, 0.4) is 0 Å². The summed E-state index contributed by atoms with van der Waals surface area (Å²) < 4.78 is 6.88. The monoisotopic (exact) mass is 406 g/mol. The first-order valence-electron chi connectivity index (χ1n) is 6.50. The van der Waals surface area contributed by atoms with Crippen LogP contribution in [0.15, 0.2) is 21.1 Å². The van der Waals surface area contributed by atoms with Crippen molar-refractivity contribution in [3.8, 4) is 5.75 Å². The van der Waals surface area contributed by atoms with Gasteiger partial charge in [-0.3, -0.25) is 4.79 Å². The first-order chi connectivity index (χ1) is 9.43. The fourth-order valence-corrected chi connectivity index (χ4v) is 2.89. The highest BCUT2D eigenvalue weighted by Crippen LogP contribution is 2.34. The molecule has 1 rings (SSSR count). The Morgan fingerprint density at radius 1 is 1.30 bits per heavy atom. The number of anilines is 1. The first-order valence-corrected chi connectivity index (χ1v) is 8.09. The molecule has 2 N–H and O–H groups in total. The smallest absolute Gasteiger partial charge is 0.224 e. The number of ether oxygens (including phenoxy) is 1. The van der Waals surface area contributed by atoms with Crippen molar-refractivity contribution in [1.82, 2.24) is 5.32 Å². The fourth-order valence-electron chi connectivity index (χ4n) is 1.63. The summed E-state index contributed by atoms with van der Waals surface area (Å²) in [5.74, 6) is 0.686. The zero-order valence-corrected chi connectivity index (χ0v) is 15.1. The van der Waals surface area contributed by atoms with Gasteiger partial charge < -0.3 is 15.4 Å². The molecule has 0 fully saturated rings. The second-order valence-corrected chi connectivity index (χ2v) is 6.44. The van der Waals surface area contributed by atoms with Crippen molar-refractivity contribution in [2.24, 2.45) is 0 Å². The second kappa shape index (κ2) is 8.64. The summed E-state index contributed by atoms with van der Waals surface area (Å²) >= 11 is 6.82. The lowest BCUT2D eigenvalue weighted by Gasteiger charge is -2.11. The summed E-state index contributed by atoms with van der Waals surface area (Å²) in [7, 11) is 1.59. The van der Waals surface area contributed by atoms with Crippen molar-refractivity contribution in [2.45, 2.75) is 32.7 Å². The largest absolute Gasteiger partial charge is 0.495 e. The number of benzene rings is 1. The molecule has 1 amide bonds. The van der Waals surface area contributed by atoms with Crippen LogP contribution < -0.4 is 15.4 Å². The van der Waals surface area contributed by atoms with Crippen LogP contribution in [0.5, 0.6) is 5.75 Å². The number of halogens is 2. The topological polar surface area (TPSA) is 50.4 Å². The zero-order chi connectivity index (χ0) is 15.1. The molecule has 0 aliphatic heterocycles. The molecule has 0 aliphatic rings. The van der Waals surface area contributed by atoms with Gasteiger partial charge in [-0.25, -0.2) is 0 Å². The van der Waals surface area contributed by atoms with Crippen molar-refractivity contribution in [3.05, 3.63) is 21.1 Å². The number of hydrogen-bond acceptors (Lipinski definition) is 3. The highest BCUT2D eigenvalue weighted by Gasteiger charge is 2.10. The molecule has 0 bridgehead atoms. The quantitative estimate of drug-likeness (QED) is 0.673. The lowest BCUT2D eigenvalue weighted by molar-refractivity contribution is -0.116. The van der Waals surface area contributed by atoms with E-state index in [4.69, 9.17) is 4.74 Å². The van der Waals surface area contributed by atoms with Gasteiger partial charge in [0.25, 0.3) is 0 Å². The molecule has 0 unspecified atom stereocenters. The molecule has 0 spiro atoms. The standard InChI is InChI=1S/C14H20Br2N2O2/c1-9(2)17-6-4-5-14(19)18-12-8-13(20-3)11(16)7-10(12)15/h7-9,17H,4-6H2,1-3H3,(H,18,19). The van der Waals surface area contributed by atoms with Gasteiger partial charge in [0.2, 0.25) is 5.91 Å². The van der Waals surface area contributed by atoms with E-state index in [9.17, 15) is 4.79 Å². The number of carbonyl (C=O) groups excluding carboxylic acids is 1. The second-order valence-electron chi connectivity index (χ2n) is 4.73. The summed E-state index contributed by atoms with van der Waals surface area (Å²) in [4.78, 5) is 11.9. The van der Waals surface area contributed by atoms with Gasteiger partial charge in [-0.1, -0.05) is 13.8 Å². The molecule has 20 heavy (non-hydrogen) atoms. The minimum Gasteiger partial charge on any atom is -0.495 e. The van der Waals surface area contributed by atoms with E-state index in [2.05, 4.69) is 56.3 Å². The molecule has 6 heteroatoms. The Kier molecular flexibility index (Phi) is 7.55. The van der Waals surface area contributed by atoms with Crippen molar-refractivity contribution in [1.29, 1.82) is 0 Å². The van der Waals surface area contributed by atoms with Crippen LogP contribution in [0.2, 0.25) is 0 Å². The predicted molar refractivity (Wildman–Crippen MR) is 89.4 cm³/mol. The van der Waals surface area contributed by atoms with Crippen LogP contribution in [0.1, 0.15) is 26.7 Å². The van der Waals surface area contributed by atoms with Gasteiger partial charge in [-0.2, -0.15) is 0 Å². The van der Waals surface area contributed by atoms with E-state index >= 15 is 0 Å². The predicted octanol–water partition coefficient (Wildman–Crippen LogP) is 3.94. The van der Waals surface area contributed by atoms with Crippen LogP contribution in [-0.4, -0.2) is 25.6 Å². The molecular weight excluding hydrogens is 388 g/mol. The maximum atomic E-state index is 11.9. The maximum Gasteiger partial charge on any atom is 0.224 e. The number of carbonyl (C=O) groups is 1. The summed E-state index contributed by atoms with van der Waals surface area (Å²) in [5, 5.41) is 6.17. The first kappa shape index (κ1) is 17.5. The average Bonchev–Trinajstić information content (AvgIpc) is 2.37. The van der Waals surface area contributed by atoms with E-state index in [1.807, 2.05) is 6.07 Å². The summed E-state index contributed by atoms with van der Waals surface area (Å²) in [6.07, 6.45) is 1.31. The highest BCUT2D eigenvalue weighted by atomic mass is 79.9. The molecule has 1 aromatic rings. The van der Waals surface area contributed by atoms with E-state index in [0.717, 1.165) is 21.9 Å². The Morgan fingerprint density at radius 2 is 2.00 bits per heavy atom. The normalized spacial score (nSPS) is 10.7. The van der Waals surface area contributed by atoms with Gasteiger partial charge in [0, 0.05) is 23.0 Å². The SMILES string of the molecule is COc1cc(NC(=O)CCCNC(C)C)c(Br)cc1Br. The number of hydrogen-bond donors (Lipinski definition) is 2. The third-order valence-electron chi connectivity index (χ3n) is 2.65. The lowest BCUT2D eigenvalue weighted by Crippen LogP contribution is -2.24.